The highest BCUT2D eigenvalue weighted by molar-refractivity contribution is 5.85. The minimum atomic E-state index is -0.0781. The lowest BCUT2D eigenvalue weighted by molar-refractivity contribution is 0.314. The third-order valence-corrected chi connectivity index (χ3v) is 2.84. The lowest BCUT2D eigenvalue weighted by Crippen LogP contribution is -2.45. The molecule has 2 heterocycles. The van der Waals surface area contributed by atoms with Crippen molar-refractivity contribution in [1.29, 1.82) is 0 Å². The Kier molecular flexibility index (Phi) is 2.12. The first-order chi connectivity index (χ1) is 6.20. The molecule has 0 radical (unpaired) electrons. The Hall–Kier alpha value is -0.830. The van der Waals surface area contributed by atoms with Gasteiger partial charge in [0.25, 0.3) is 0 Å². The fraction of sp³-hybridized carbons (Fsp3) is 0.700. The summed E-state index contributed by atoms with van der Waals surface area (Å²) in [4.78, 5) is 6.80. The average molecular weight is 179 g/mol. The fourth-order valence-corrected chi connectivity index (χ4v) is 2.26. The van der Waals surface area contributed by atoms with Crippen LogP contribution in [0.1, 0.15) is 26.2 Å². The van der Waals surface area contributed by atoms with Crippen molar-refractivity contribution in [1.82, 2.24) is 4.90 Å². The second kappa shape index (κ2) is 3.14. The van der Waals surface area contributed by atoms with Crippen LogP contribution in [0.2, 0.25) is 0 Å². The molecule has 0 aliphatic carbocycles. The molecule has 13 heavy (non-hydrogen) atoms. The van der Waals surface area contributed by atoms with Gasteiger partial charge in [0, 0.05) is 13.0 Å². The van der Waals surface area contributed by atoms with Crippen LogP contribution in [-0.4, -0.2) is 29.5 Å². The average Bonchev–Trinajstić information content (AvgIpc) is 2.39. The van der Waals surface area contributed by atoms with Crippen molar-refractivity contribution in [2.75, 3.05) is 6.54 Å². The van der Waals surface area contributed by atoms with Crippen LogP contribution in [0, 0.1) is 0 Å². The van der Waals surface area contributed by atoms with Crippen LogP contribution in [0.5, 0.6) is 0 Å². The number of nitrogens with two attached hydrogens (primary N) is 1. The van der Waals surface area contributed by atoms with Crippen molar-refractivity contribution >= 4 is 5.84 Å². The summed E-state index contributed by atoms with van der Waals surface area (Å²) in [6.07, 6.45) is 3.53. The zero-order chi connectivity index (χ0) is 9.42. The molecule has 72 valence electrons. The first-order valence-electron chi connectivity index (χ1n) is 4.94. The van der Waals surface area contributed by atoms with E-state index < -0.39 is 0 Å². The molecule has 0 aromatic carbocycles. The van der Waals surface area contributed by atoms with Gasteiger partial charge < -0.3 is 10.6 Å². The van der Waals surface area contributed by atoms with Crippen LogP contribution in [-0.2, 0) is 0 Å². The minimum absolute atomic E-state index is 0.0781. The van der Waals surface area contributed by atoms with Gasteiger partial charge in [0.1, 0.15) is 12.0 Å². The molecule has 0 aromatic rings. The zero-order valence-electron chi connectivity index (χ0n) is 8.16. The maximum atomic E-state index is 5.95. The molecular weight excluding hydrogens is 162 g/mol. The second-order valence-corrected chi connectivity index (χ2v) is 3.98. The summed E-state index contributed by atoms with van der Waals surface area (Å²) >= 11 is 0. The molecule has 1 saturated heterocycles. The maximum Gasteiger partial charge on any atom is 0.123 e. The molecule has 2 rings (SSSR count). The predicted molar refractivity (Wildman–Crippen MR) is 54.6 cm³/mol. The molecule has 0 aromatic heterocycles. The van der Waals surface area contributed by atoms with E-state index in [1.165, 1.54) is 18.7 Å². The topological polar surface area (TPSA) is 41.6 Å². The van der Waals surface area contributed by atoms with E-state index in [1.807, 2.05) is 6.92 Å². The SMILES string of the molecule is C=C(C)C1C(N)N=C2CCCCN21. The number of aliphatic imine (C=N–C) groups is 1. The van der Waals surface area contributed by atoms with Gasteiger partial charge in [-0.2, -0.15) is 0 Å². The van der Waals surface area contributed by atoms with Crippen LogP contribution in [0.15, 0.2) is 17.1 Å². The number of nitrogens with zero attached hydrogens (tertiary/aromatic N) is 2. The number of piperidine rings is 1. The van der Waals surface area contributed by atoms with Crippen molar-refractivity contribution in [2.45, 2.75) is 38.4 Å². The molecule has 2 unspecified atom stereocenters. The third-order valence-electron chi connectivity index (χ3n) is 2.84. The number of fused-ring (bicyclic) bond motifs is 1. The number of hydrogen-bond acceptors (Lipinski definition) is 3. The Morgan fingerprint density at radius 3 is 3.08 bits per heavy atom. The standard InChI is InChI=1S/C10H17N3/c1-7(2)9-10(11)12-8-5-3-4-6-13(8)9/h9-10H,1,3-6,11H2,2H3. The van der Waals surface area contributed by atoms with Crippen molar-refractivity contribution < 1.29 is 0 Å². The van der Waals surface area contributed by atoms with Crippen LogP contribution in [0.25, 0.3) is 0 Å². The summed E-state index contributed by atoms with van der Waals surface area (Å²) < 4.78 is 0. The van der Waals surface area contributed by atoms with E-state index >= 15 is 0 Å². The van der Waals surface area contributed by atoms with Gasteiger partial charge in [0.2, 0.25) is 0 Å². The molecule has 3 heteroatoms. The van der Waals surface area contributed by atoms with Gasteiger partial charge in [-0.1, -0.05) is 12.2 Å². The highest BCUT2D eigenvalue weighted by Crippen LogP contribution is 2.26. The number of amidine groups is 1. The van der Waals surface area contributed by atoms with E-state index in [-0.39, 0.29) is 12.2 Å². The van der Waals surface area contributed by atoms with E-state index in [0.717, 1.165) is 18.5 Å². The highest BCUT2D eigenvalue weighted by Gasteiger charge is 2.35. The molecule has 2 aliphatic rings. The Morgan fingerprint density at radius 1 is 1.62 bits per heavy atom. The monoisotopic (exact) mass is 179 g/mol. The lowest BCUT2D eigenvalue weighted by Gasteiger charge is -2.32. The van der Waals surface area contributed by atoms with Gasteiger partial charge in [0.05, 0.1) is 6.04 Å². The van der Waals surface area contributed by atoms with E-state index in [9.17, 15) is 0 Å². The molecule has 1 fully saturated rings. The zero-order valence-corrected chi connectivity index (χ0v) is 8.16. The van der Waals surface area contributed by atoms with Crippen LogP contribution < -0.4 is 5.73 Å². The van der Waals surface area contributed by atoms with Crippen molar-refractivity contribution in [2.24, 2.45) is 10.7 Å². The first kappa shape index (κ1) is 8.75. The molecule has 2 N–H and O–H groups in total. The Labute approximate surface area is 79.3 Å². The van der Waals surface area contributed by atoms with Crippen LogP contribution in [0.3, 0.4) is 0 Å². The lowest BCUT2D eigenvalue weighted by atomic mass is 10.0. The van der Waals surface area contributed by atoms with Gasteiger partial charge in [-0.3, -0.25) is 4.99 Å². The summed E-state index contributed by atoms with van der Waals surface area (Å²) in [5, 5.41) is 0. The normalized spacial score (nSPS) is 32.8. The van der Waals surface area contributed by atoms with Crippen LogP contribution in [0.4, 0.5) is 0 Å². The van der Waals surface area contributed by atoms with E-state index in [1.54, 1.807) is 0 Å². The Balaban J connectivity index is 2.20. The number of hydrogen-bond donors (Lipinski definition) is 1. The molecule has 0 bridgehead atoms. The van der Waals surface area contributed by atoms with Gasteiger partial charge in [-0.15, -0.1) is 0 Å². The predicted octanol–water partition coefficient (Wildman–Crippen LogP) is 1.11. The van der Waals surface area contributed by atoms with Gasteiger partial charge >= 0.3 is 0 Å². The summed E-state index contributed by atoms with van der Waals surface area (Å²) in [5.74, 6) is 1.20. The highest BCUT2D eigenvalue weighted by atomic mass is 15.3. The van der Waals surface area contributed by atoms with Crippen molar-refractivity contribution in [3.63, 3.8) is 0 Å². The van der Waals surface area contributed by atoms with E-state index in [0.29, 0.717) is 0 Å². The quantitative estimate of drug-likeness (QED) is 0.613. The second-order valence-electron chi connectivity index (χ2n) is 3.98. The molecule has 0 amide bonds. The maximum absolute atomic E-state index is 5.95. The van der Waals surface area contributed by atoms with E-state index in [2.05, 4.69) is 16.5 Å². The molecular formula is C10H17N3. The number of rotatable bonds is 1. The molecule has 2 atom stereocenters. The van der Waals surface area contributed by atoms with Gasteiger partial charge in [-0.25, -0.2) is 0 Å². The van der Waals surface area contributed by atoms with Crippen LogP contribution >= 0.6 is 0 Å². The summed E-state index contributed by atoms with van der Waals surface area (Å²) in [6, 6.07) is 0.260. The van der Waals surface area contributed by atoms with Crippen molar-refractivity contribution in [3.8, 4) is 0 Å². The first-order valence-corrected chi connectivity index (χ1v) is 4.94. The third kappa shape index (κ3) is 1.37. The summed E-state index contributed by atoms with van der Waals surface area (Å²) in [7, 11) is 0. The van der Waals surface area contributed by atoms with Crippen molar-refractivity contribution in [3.05, 3.63) is 12.2 Å². The minimum Gasteiger partial charge on any atom is -0.350 e. The Morgan fingerprint density at radius 2 is 2.38 bits per heavy atom. The molecule has 0 spiro atoms. The molecule has 3 nitrogen and oxygen atoms in total. The molecule has 2 aliphatic heterocycles. The summed E-state index contributed by atoms with van der Waals surface area (Å²) in [5.41, 5.74) is 7.08. The van der Waals surface area contributed by atoms with E-state index in [4.69, 9.17) is 5.73 Å². The van der Waals surface area contributed by atoms with Gasteiger partial charge in [0.15, 0.2) is 0 Å². The Bertz CT molecular complexity index is 257. The molecule has 0 saturated carbocycles. The largest absolute Gasteiger partial charge is 0.350 e. The fourth-order valence-electron chi connectivity index (χ4n) is 2.26. The van der Waals surface area contributed by atoms with Gasteiger partial charge in [-0.05, 0) is 19.8 Å². The summed E-state index contributed by atoms with van der Waals surface area (Å²) in [6.45, 7) is 7.12. The smallest absolute Gasteiger partial charge is 0.123 e.